The molecule has 1 fully saturated rings. The van der Waals surface area contributed by atoms with Crippen LogP contribution in [-0.4, -0.2) is 23.3 Å². The van der Waals surface area contributed by atoms with Gasteiger partial charge in [0, 0.05) is 24.2 Å². The first-order valence-corrected chi connectivity index (χ1v) is 10.00. The number of hydrogen-bond donors (Lipinski definition) is 2. The number of nitrogen functional groups attached to an aromatic ring is 1. The van der Waals surface area contributed by atoms with E-state index in [1.54, 1.807) is 12.1 Å². The number of benzene rings is 3. The zero-order valence-corrected chi connectivity index (χ0v) is 16.8. The number of nitrogens with two attached hydrogens (primary N) is 1. The predicted molar refractivity (Wildman–Crippen MR) is 120 cm³/mol. The van der Waals surface area contributed by atoms with Crippen LogP contribution in [0.5, 0.6) is 0 Å². The summed E-state index contributed by atoms with van der Waals surface area (Å²) >= 11 is 0. The number of halogens is 1. The molecule has 2 amide bonds. The fraction of sp³-hybridized carbons (Fsp3) is 0.120. The van der Waals surface area contributed by atoms with Gasteiger partial charge in [-0.3, -0.25) is 9.59 Å². The van der Waals surface area contributed by atoms with E-state index >= 15 is 0 Å². The second-order valence-corrected chi connectivity index (χ2v) is 7.44. The molecule has 1 saturated heterocycles. The Morgan fingerprint density at radius 3 is 2.52 bits per heavy atom. The SMILES string of the molecule is Nc1cc(F)ccc1NC(=O)c1ccc(CN2CC/C(=C\c3ccccc3)C2=O)cc1. The van der Waals surface area contributed by atoms with Gasteiger partial charge in [0.1, 0.15) is 5.82 Å². The van der Waals surface area contributed by atoms with Crippen LogP contribution in [0.15, 0.2) is 78.4 Å². The smallest absolute Gasteiger partial charge is 0.255 e. The van der Waals surface area contributed by atoms with E-state index in [4.69, 9.17) is 5.73 Å². The topological polar surface area (TPSA) is 75.4 Å². The summed E-state index contributed by atoms with van der Waals surface area (Å²) in [5.41, 5.74) is 9.47. The molecule has 0 atom stereocenters. The van der Waals surface area contributed by atoms with Gasteiger partial charge < -0.3 is 16.0 Å². The normalized spacial score (nSPS) is 14.8. The highest BCUT2D eigenvalue weighted by atomic mass is 19.1. The third-order valence-corrected chi connectivity index (χ3v) is 5.20. The molecule has 0 unspecified atom stereocenters. The Balaban J connectivity index is 1.39. The van der Waals surface area contributed by atoms with Crippen molar-refractivity contribution in [2.45, 2.75) is 13.0 Å². The lowest BCUT2D eigenvalue weighted by Gasteiger charge is -2.15. The lowest BCUT2D eigenvalue weighted by molar-refractivity contribution is -0.125. The van der Waals surface area contributed by atoms with E-state index in [0.717, 1.165) is 22.8 Å². The van der Waals surface area contributed by atoms with Crippen LogP contribution >= 0.6 is 0 Å². The van der Waals surface area contributed by atoms with Crippen molar-refractivity contribution in [1.29, 1.82) is 0 Å². The molecule has 0 spiro atoms. The van der Waals surface area contributed by atoms with Crippen molar-refractivity contribution in [1.82, 2.24) is 4.90 Å². The fourth-order valence-electron chi connectivity index (χ4n) is 3.53. The number of nitrogens with one attached hydrogen (secondary N) is 1. The summed E-state index contributed by atoms with van der Waals surface area (Å²) < 4.78 is 13.2. The summed E-state index contributed by atoms with van der Waals surface area (Å²) in [7, 11) is 0. The van der Waals surface area contributed by atoms with Crippen LogP contribution in [0.1, 0.15) is 27.9 Å². The van der Waals surface area contributed by atoms with Gasteiger partial charge in [-0.25, -0.2) is 4.39 Å². The zero-order valence-electron chi connectivity index (χ0n) is 16.8. The van der Waals surface area contributed by atoms with Crippen molar-refractivity contribution < 1.29 is 14.0 Å². The highest BCUT2D eigenvalue weighted by Crippen LogP contribution is 2.23. The van der Waals surface area contributed by atoms with Gasteiger partial charge in [0.15, 0.2) is 0 Å². The molecule has 156 valence electrons. The number of carbonyl (C=O) groups is 2. The molecule has 1 aliphatic heterocycles. The van der Waals surface area contributed by atoms with E-state index in [2.05, 4.69) is 5.32 Å². The second kappa shape index (κ2) is 8.83. The van der Waals surface area contributed by atoms with Crippen molar-refractivity contribution in [3.8, 4) is 0 Å². The van der Waals surface area contributed by atoms with E-state index < -0.39 is 5.82 Å². The summed E-state index contributed by atoms with van der Waals surface area (Å²) in [5, 5.41) is 2.68. The third-order valence-electron chi connectivity index (χ3n) is 5.20. The number of hydrogen-bond acceptors (Lipinski definition) is 3. The monoisotopic (exact) mass is 415 g/mol. The summed E-state index contributed by atoms with van der Waals surface area (Å²) in [4.78, 5) is 27.0. The lowest BCUT2D eigenvalue weighted by atomic mass is 10.1. The molecule has 0 saturated carbocycles. The van der Waals surface area contributed by atoms with E-state index in [1.807, 2.05) is 53.4 Å². The molecule has 31 heavy (non-hydrogen) atoms. The van der Waals surface area contributed by atoms with Crippen molar-refractivity contribution in [3.05, 3.63) is 101 Å². The van der Waals surface area contributed by atoms with Gasteiger partial charge in [0.2, 0.25) is 5.91 Å². The van der Waals surface area contributed by atoms with Crippen LogP contribution in [0.2, 0.25) is 0 Å². The molecular formula is C25H22FN3O2. The summed E-state index contributed by atoms with van der Waals surface area (Å²) in [6, 6.07) is 20.7. The number of rotatable bonds is 5. The molecule has 4 rings (SSSR count). The zero-order chi connectivity index (χ0) is 21.8. The molecule has 0 aromatic heterocycles. The first kappa shape index (κ1) is 20.3. The minimum absolute atomic E-state index is 0.0393. The number of nitrogens with zero attached hydrogens (tertiary/aromatic N) is 1. The average Bonchev–Trinajstić information content (AvgIpc) is 3.10. The van der Waals surface area contributed by atoms with Gasteiger partial charge in [0.05, 0.1) is 11.4 Å². The first-order valence-electron chi connectivity index (χ1n) is 10.00. The van der Waals surface area contributed by atoms with Gasteiger partial charge in [-0.1, -0.05) is 42.5 Å². The number of likely N-dealkylation sites (tertiary alicyclic amines) is 1. The molecule has 1 heterocycles. The maximum absolute atomic E-state index is 13.2. The van der Waals surface area contributed by atoms with Gasteiger partial charge >= 0.3 is 0 Å². The van der Waals surface area contributed by atoms with E-state index in [0.29, 0.717) is 30.8 Å². The van der Waals surface area contributed by atoms with Gasteiger partial charge in [-0.05, 0) is 54.0 Å². The first-order chi connectivity index (χ1) is 15.0. The Morgan fingerprint density at radius 1 is 1.06 bits per heavy atom. The fourth-order valence-corrected chi connectivity index (χ4v) is 3.53. The largest absolute Gasteiger partial charge is 0.397 e. The Labute approximate surface area is 180 Å². The van der Waals surface area contributed by atoms with E-state index in [9.17, 15) is 14.0 Å². The number of anilines is 2. The van der Waals surface area contributed by atoms with Gasteiger partial charge in [0.25, 0.3) is 5.91 Å². The summed E-state index contributed by atoms with van der Waals surface area (Å²) in [5.74, 6) is -0.759. The van der Waals surface area contributed by atoms with Crippen LogP contribution in [0, 0.1) is 5.82 Å². The average molecular weight is 415 g/mol. The van der Waals surface area contributed by atoms with Crippen LogP contribution in [-0.2, 0) is 11.3 Å². The third kappa shape index (κ3) is 4.80. The molecule has 0 aliphatic carbocycles. The van der Waals surface area contributed by atoms with Crippen molar-refractivity contribution in [2.75, 3.05) is 17.6 Å². The molecule has 6 heteroatoms. The highest BCUT2D eigenvalue weighted by Gasteiger charge is 2.25. The number of carbonyl (C=O) groups excluding carboxylic acids is 2. The highest BCUT2D eigenvalue weighted by molar-refractivity contribution is 6.05. The lowest BCUT2D eigenvalue weighted by Crippen LogP contribution is -2.24. The number of amides is 2. The molecule has 0 radical (unpaired) electrons. The maximum Gasteiger partial charge on any atom is 0.255 e. The van der Waals surface area contributed by atoms with E-state index in [-0.39, 0.29) is 17.5 Å². The predicted octanol–water partition coefficient (Wildman–Crippen LogP) is 4.48. The summed E-state index contributed by atoms with van der Waals surface area (Å²) in [6.45, 7) is 1.15. The molecule has 3 aromatic rings. The Kier molecular flexibility index (Phi) is 5.80. The quantitative estimate of drug-likeness (QED) is 0.477. The Hall–Kier alpha value is -3.93. The minimum atomic E-state index is -0.460. The summed E-state index contributed by atoms with van der Waals surface area (Å²) in [6.07, 6.45) is 2.66. The van der Waals surface area contributed by atoms with Gasteiger partial charge in [-0.15, -0.1) is 0 Å². The molecule has 3 N–H and O–H groups in total. The molecule has 1 aliphatic rings. The molecule has 0 bridgehead atoms. The molecule has 3 aromatic carbocycles. The standard InChI is InChI=1S/C25H22FN3O2/c26-21-10-11-23(22(27)15-21)28-24(30)19-8-6-18(7-9-19)16-29-13-12-20(25(29)31)14-17-4-2-1-3-5-17/h1-11,14-15H,12-13,16,27H2,(H,28,30)/b20-14+. The Morgan fingerprint density at radius 2 is 1.81 bits per heavy atom. The van der Waals surface area contributed by atoms with E-state index in [1.165, 1.54) is 12.1 Å². The second-order valence-electron chi connectivity index (χ2n) is 7.44. The maximum atomic E-state index is 13.2. The molecule has 5 nitrogen and oxygen atoms in total. The van der Waals surface area contributed by atoms with Crippen LogP contribution in [0.3, 0.4) is 0 Å². The minimum Gasteiger partial charge on any atom is -0.397 e. The van der Waals surface area contributed by atoms with Crippen LogP contribution in [0.25, 0.3) is 6.08 Å². The van der Waals surface area contributed by atoms with Crippen LogP contribution < -0.4 is 11.1 Å². The van der Waals surface area contributed by atoms with Crippen molar-refractivity contribution in [3.63, 3.8) is 0 Å². The molecular weight excluding hydrogens is 393 g/mol. The van der Waals surface area contributed by atoms with Crippen LogP contribution in [0.4, 0.5) is 15.8 Å². The van der Waals surface area contributed by atoms with Crippen molar-refractivity contribution in [2.24, 2.45) is 0 Å². The Bertz CT molecular complexity index is 1140. The van der Waals surface area contributed by atoms with Crippen molar-refractivity contribution >= 4 is 29.3 Å². The van der Waals surface area contributed by atoms with Gasteiger partial charge in [-0.2, -0.15) is 0 Å².